The first-order chi connectivity index (χ1) is 17.5. The molecule has 0 aromatic heterocycles. The van der Waals surface area contributed by atoms with Gasteiger partial charge in [-0.1, -0.05) is 0 Å². The van der Waals surface area contributed by atoms with E-state index in [0.717, 1.165) is 0 Å². The van der Waals surface area contributed by atoms with Gasteiger partial charge in [-0.15, -0.1) is 0 Å². The van der Waals surface area contributed by atoms with Gasteiger partial charge in [0.15, 0.2) is 0 Å². The van der Waals surface area contributed by atoms with Gasteiger partial charge in [-0.05, 0) is 0 Å². The summed E-state index contributed by atoms with van der Waals surface area (Å²) in [6.45, 7) is 10.2. The van der Waals surface area contributed by atoms with Crippen molar-refractivity contribution in [2.45, 2.75) is 35.4 Å². The Kier molecular flexibility index (Phi) is 7.31. The van der Waals surface area contributed by atoms with Crippen molar-refractivity contribution in [2.75, 3.05) is 0 Å². The maximum atomic E-state index is 2.64. The molecule has 1 heterocycles. The Morgan fingerprint density at radius 3 is 1.32 bits per heavy atom. The Bertz CT molecular complexity index is 1480. The zero-order valence-corrected chi connectivity index (χ0v) is 26.2. The van der Waals surface area contributed by atoms with Gasteiger partial charge in [-0.2, -0.15) is 0 Å². The first-order valence-electron chi connectivity index (χ1n) is 13.0. The van der Waals surface area contributed by atoms with Gasteiger partial charge in [0, 0.05) is 0 Å². The molecule has 188 valence electrons. The van der Waals surface area contributed by atoms with E-state index in [1.54, 1.807) is 43.8 Å². The summed E-state index contributed by atoms with van der Waals surface area (Å²) in [6.07, 6.45) is 0. The van der Waals surface area contributed by atoms with E-state index in [1.807, 2.05) is 0 Å². The standard InChI is InChI=1S/C34H30Si.2ClH.Ti/c1-23-21-27-17-11-19-29(25-13-7-5-8-14-25)31(27)33(23)35(3,4)34-24(2)22-28-18-12-20-30(32(28)34)26-15-9-6-10-16-26;;;/h5-22H,1-4H3;2*1H;/q;;;+2/p-2. The van der Waals surface area contributed by atoms with Crippen molar-refractivity contribution >= 4 is 18.5 Å². The summed E-state index contributed by atoms with van der Waals surface area (Å²) in [5, 5.41) is 3.43. The second-order valence-electron chi connectivity index (χ2n) is 11.0. The van der Waals surface area contributed by atoms with Crippen molar-refractivity contribution in [1.29, 1.82) is 0 Å². The maximum absolute atomic E-state index is 2.64. The van der Waals surface area contributed by atoms with Gasteiger partial charge in [0.2, 0.25) is 0 Å². The van der Waals surface area contributed by atoms with Gasteiger partial charge in [0.1, 0.15) is 0 Å². The molecule has 0 saturated heterocycles. The van der Waals surface area contributed by atoms with E-state index >= 15 is 0 Å². The second-order valence-corrected chi connectivity index (χ2v) is 17.6. The van der Waals surface area contributed by atoms with Crippen LogP contribution in [0.25, 0.3) is 32.6 Å². The van der Waals surface area contributed by atoms with Gasteiger partial charge in [0.25, 0.3) is 0 Å². The van der Waals surface area contributed by atoms with E-state index in [4.69, 9.17) is 0 Å². The number of halogens is 2. The zero-order chi connectivity index (χ0) is 24.6. The summed E-state index contributed by atoms with van der Waals surface area (Å²) in [5.74, 6) is 0. The molecule has 0 amide bonds. The van der Waals surface area contributed by atoms with E-state index in [2.05, 4.69) is 124 Å². The SMILES string of the molecule is CC1=C2c3c(-c4ccccc4)cccc3[CH]1[Ti+2][CH]1C(C)=C(c3c(-c4ccccc4)cccc31)[Si]2(C)C.[Cl-].[Cl-]. The molecule has 1 aliphatic heterocycles. The number of benzene rings is 4. The van der Waals surface area contributed by atoms with Crippen LogP contribution in [0.2, 0.25) is 13.1 Å². The smallest absolute Gasteiger partial charge is 1.00 e. The number of hydrogen-bond donors (Lipinski definition) is 0. The predicted octanol–water partition coefficient (Wildman–Crippen LogP) is 3.27. The molecule has 0 saturated carbocycles. The molecule has 0 N–H and O–H groups in total. The van der Waals surface area contributed by atoms with Gasteiger partial charge in [-0.3, -0.25) is 0 Å². The van der Waals surface area contributed by atoms with Crippen LogP contribution < -0.4 is 24.8 Å². The van der Waals surface area contributed by atoms with Crippen molar-refractivity contribution in [3.63, 3.8) is 0 Å². The third kappa shape index (κ3) is 3.82. The summed E-state index contributed by atoms with van der Waals surface area (Å²) < 4.78 is 1.25. The third-order valence-electron chi connectivity index (χ3n) is 8.72. The molecule has 0 spiro atoms. The maximum Gasteiger partial charge on any atom is -1.00 e. The summed E-state index contributed by atoms with van der Waals surface area (Å²) >= 11 is -0.318. The summed E-state index contributed by atoms with van der Waals surface area (Å²) in [7, 11) is -2.03. The monoisotopic (exact) mass is 584 g/mol. The Labute approximate surface area is 249 Å². The number of fused-ring (bicyclic) bond motifs is 8. The second kappa shape index (κ2) is 10.1. The van der Waals surface area contributed by atoms with Gasteiger partial charge in [0.05, 0.1) is 0 Å². The molecule has 2 atom stereocenters. The molecule has 7 rings (SSSR count). The number of allylic oxidation sites excluding steroid dienone is 2. The molecule has 4 aromatic rings. The molecule has 0 nitrogen and oxygen atoms in total. The minimum atomic E-state index is -2.03. The van der Waals surface area contributed by atoms with Crippen LogP contribution in [0.5, 0.6) is 0 Å². The summed E-state index contributed by atoms with van der Waals surface area (Å²) in [6, 6.07) is 36.4. The summed E-state index contributed by atoms with van der Waals surface area (Å²) in [5.41, 5.74) is 15.3. The van der Waals surface area contributed by atoms with E-state index in [-0.39, 0.29) is 44.0 Å². The van der Waals surface area contributed by atoms with Crippen LogP contribution in [0.15, 0.2) is 108 Å². The molecule has 38 heavy (non-hydrogen) atoms. The molecule has 3 aliphatic rings. The Hall–Kier alpha value is -2.13. The average Bonchev–Trinajstić information content (AvgIpc) is 3.37. The summed E-state index contributed by atoms with van der Waals surface area (Å²) in [4.78, 5) is 0. The number of hydrogen-bond acceptors (Lipinski definition) is 0. The first kappa shape index (κ1) is 27.4. The van der Waals surface area contributed by atoms with E-state index in [0.29, 0.717) is 8.45 Å². The molecule has 0 fully saturated rings. The quantitative estimate of drug-likeness (QED) is 0.317. The number of rotatable bonds is 2. The molecule has 4 bridgehead atoms. The normalized spacial score (nSPS) is 19.7. The Balaban J connectivity index is 0.00000147. The van der Waals surface area contributed by atoms with Crippen LogP contribution in [0.4, 0.5) is 0 Å². The van der Waals surface area contributed by atoms with E-state index < -0.39 is 8.07 Å². The van der Waals surface area contributed by atoms with Crippen LogP contribution in [-0.2, 0) is 19.2 Å². The van der Waals surface area contributed by atoms with Crippen LogP contribution in [0.3, 0.4) is 0 Å². The van der Waals surface area contributed by atoms with Crippen LogP contribution in [0, 0.1) is 0 Å². The van der Waals surface area contributed by atoms with Crippen molar-refractivity contribution in [2.24, 2.45) is 0 Å². The largest absolute Gasteiger partial charge is 1.00 e. The molecular formula is C34H30Cl2SiTi. The van der Waals surface area contributed by atoms with Crippen molar-refractivity contribution in [3.8, 4) is 22.3 Å². The first-order valence-corrected chi connectivity index (χ1v) is 17.8. The Morgan fingerprint density at radius 1 is 0.526 bits per heavy atom. The molecule has 4 heteroatoms. The minimum Gasteiger partial charge on any atom is -1.00 e. The zero-order valence-electron chi connectivity index (χ0n) is 22.1. The average molecular weight is 585 g/mol. The van der Waals surface area contributed by atoms with Gasteiger partial charge >= 0.3 is 226 Å². The fourth-order valence-electron chi connectivity index (χ4n) is 7.38. The van der Waals surface area contributed by atoms with E-state index in [9.17, 15) is 0 Å². The van der Waals surface area contributed by atoms with Crippen LogP contribution in [-0.4, -0.2) is 8.07 Å². The third-order valence-corrected chi connectivity index (χ3v) is 15.9. The van der Waals surface area contributed by atoms with Crippen LogP contribution >= 0.6 is 0 Å². The van der Waals surface area contributed by atoms with Crippen molar-refractivity contribution < 1.29 is 44.0 Å². The molecular weight excluding hydrogens is 555 g/mol. The topological polar surface area (TPSA) is 0 Å². The Morgan fingerprint density at radius 2 is 0.921 bits per heavy atom. The van der Waals surface area contributed by atoms with Crippen molar-refractivity contribution in [1.82, 2.24) is 0 Å². The molecule has 2 unspecified atom stereocenters. The predicted molar refractivity (Wildman–Crippen MR) is 152 cm³/mol. The van der Waals surface area contributed by atoms with Gasteiger partial charge in [-0.25, -0.2) is 0 Å². The van der Waals surface area contributed by atoms with Gasteiger partial charge < -0.3 is 24.8 Å². The van der Waals surface area contributed by atoms with Crippen LogP contribution in [0.1, 0.15) is 44.5 Å². The van der Waals surface area contributed by atoms with Crippen molar-refractivity contribution in [3.05, 3.63) is 130 Å². The fourth-order valence-corrected chi connectivity index (χ4v) is 15.2. The van der Waals surface area contributed by atoms with E-state index in [1.165, 1.54) is 22.3 Å². The molecule has 0 radical (unpaired) electrons. The minimum absolute atomic E-state index is 0. The fraction of sp³-hybridized carbons (Fsp3) is 0.176. The molecule has 2 aliphatic carbocycles. The molecule has 4 aromatic carbocycles.